The average Bonchev–Trinajstić information content (AvgIpc) is 2.61. The molecule has 0 bridgehead atoms. The van der Waals surface area contributed by atoms with Crippen LogP contribution in [0.2, 0.25) is 0 Å². The molecular weight excluding hydrogens is 344 g/mol. The number of likely N-dealkylation sites (tertiary alicyclic amines) is 3. The lowest BCUT2D eigenvalue weighted by molar-refractivity contribution is 0.0360. The van der Waals surface area contributed by atoms with Crippen LogP contribution in [0.1, 0.15) is 80.1 Å². The first-order valence-electron chi connectivity index (χ1n) is 12.1. The Morgan fingerprint density at radius 3 is 2.00 bits per heavy atom. The summed E-state index contributed by atoms with van der Waals surface area (Å²) in [4.78, 5) is 8.26. The van der Waals surface area contributed by atoms with Crippen molar-refractivity contribution in [3.05, 3.63) is 0 Å². The summed E-state index contributed by atoms with van der Waals surface area (Å²) < 4.78 is 0. The lowest BCUT2D eigenvalue weighted by Crippen LogP contribution is -2.54. The number of piperidine rings is 3. The Morgan fingerprint density at radius 1 is 0.786 bits per heavy atom. The van der Waals surface area contributed by atoms with E-state index in [1.165, 1.54) is 84.3 Å². The van der Waals surface area contributed by atoms with Crippen molar-refractivity contribution in [3.63, 3.8) is 0 Å². The van der Waals surface area contributed by atoms with Gasteiger partial charge in [-0.05, 0) is 106 Å². The van der Waals surface area contributed by atoms with E-state index < -0.39 is 0 Å². The molecule has 0 radical (unpaired) electrons. The molecule has 164 valence electrons. The molecule has 3 aliphatic heterocycles. The zero-order valence-electron chi connectivity index (χ0n) is 19.8. The molecule has 3 fully saturated rings. The summed E-state index contributed by atoms with van der Waals surface area (Å²) in [5.41, 5.74) is 0.577. The van der Waals surface area contributed by atoms with Crippen molar-refractivity contribution in [2.45, 2.75) is 103 Å². The second-order valence-electron chi connectivity index (χ2n) is 11.9. The lowest BCUT2D eigenvalue weighted by atomic mass is 9.91. The quantitative estimate of drug-likeness (QED) is 0.785. The molecular formula is C24H48N4. The first-order valence-corrected chi connectivity index (χ1v) is 12.1. The molecule has 4 heteroatoms. The topological polar surface area (TPSA) is 21.8 Å². The van der Waals surface area contributed by atoms with Crippen LogP contribution >= 0.6 is 0 Å². The van der Waals surface area contributed by atoms with Gasteiger partial charge in [0, 0.05) is 49.3 Å². The van der Waals surface area contributed by atoms with Crippen LogP contribution in [-0.4, -0.2) is 83.7 Å². The monoisotopic (exact) mass is 392 g/mol. The molecule has 1 atom stereocenters. The van der Waals surface area contributed by atoms with E-state index in [1.807, 2.05) is 0 Å². The van der Waals surface area contributed by atoms with Crippen LogP contribution in [0.25, 0.3) is 0 Å². The van der Waals surface area contributed by atoms with Gasteiger partial charge in [-0.25, -0.2) is 0 Å². The summed E-state index contributed by atoms with van der Waals surface area (Å²) in [6.45, 7) is 23.1. The molecule has 0 spiro atoms. The minimum absolute atomic E-state index is 0.238. The summed E-state index contributed by atoms with van der Waals surface area (Å²) in [5.74, 6) is 0.916. The SMILES string of the molecule is CC(C)(C)N[C@H]1CCCN(CC2CCN(C3CCN(C(C)(C)C)CC3)CC2)C1. The van der Waals surface area contributed by atoms with Crippen molar-refractivity contribution in [3.8, 4) is 0 Å². The highest BCUT2D eigenvalue weighted by molar-refractivity contribution is 4.89. The Balaban J connectivity index is 1.38. The molecule has 1 N–H and O–H groups in total. The minimum Gasteiger partial charge on any atom is -0.308 e. The summed E-state index contributed by atoms with van der Waals surface area (Å²) >= 11 is 0. The van der Waals surface area contributed by atoms with Crippen LogP contribution in [0.3, 0.4) is 0 Å². The smallest absolute Gasteiger partial charge is 0.0200 e. The van der Waals surface area contributed by atoms with Gasteiger partial charge in [0.1, 0.15) is 0 Å². The number of rotatable bonds is 4. The Labute approximate surface area is 175 Å². The zero-order chi connectivity index (χ0) is 20.4. The molecule has 0 amide bonds. The maximum absolute atomic E-state index is 3.84. The summed E-state index contributed by atoms with van der Waals surface area (Å²) in [5, 5.41) is 3.84. The van der Waals surface area contributed by atoms with Gasteiger partial charge in [0.15, 0.2) is 0 Å². The van der Waals surface area contributed by atoms with Crippen molar-refractivity contribution in [2.75, 3.05) is 45.8 Å². The van der Waals surface area contributed by atoms with Gasteiger partial charge in [-0.1, -0.05) is 0 Å². The predicted octanol–water partition coefficient (Wildman–Crippen LogP) is 3.81. The van der Waals surface area contributed by atoms with E-state index in [2.05, 4.69) is 61.6 Å². The summed E-state index contributed by atoms with van der Waals surface area (Å²) in [6, 6.07) is 1.52. The van der Waals surface area contributed by atoms with Gasteiger partial charge in [0.05, 0.1) is 0 Å². The molecule has 3 rings (SSSR count). The molecule has 28 heavy (non-hydrogen) atoms. The summed E-state index contributed by atoms with van der Waals surface area (Å²) in [7, 11) is 0. The minimum atomic E-state index is 0.238. The zero-order valence-corrected chi connectivity index (χ0v) is 19.8. The first kappa shape index (κ1) is 22.5. The van der Waals surface area contributed by atoms with Crippen molar-refractivity contribution in [2.24, 2.45) is 5.92 Å². The molecule has 3 aliphatic rings. The third-order valence-corrected chi connectivity index (χ3v) is 7.24. The van der Waals surface area contributed by atoms with Gasteiger partial charge in [-0.2, -0.15) is 0 Å². The Kier molecular flexibility index (Phi) is 7.50. The van der Waals surface area contributed by atoms with E-state index in [4.69, 9.17) is 0 Å². The van der Waals surface area contributed by atoms with Gasteiger partial charge in [-0.15, -0.1) is 0 Å². The van der Waals surface area contributed by atoms with Crippen LogP contribution in [0.5, 0.6) is 0 Å². The molecule has 0 aromatic carbocycles. The van der Waals surface area contributed by atoms with Crippen molar-refractivity contribution in [1.82, 2.24) is 20.0 Å². The second-order valence-corrected chi connectivity index (χ2v) is 11.9. The van der Waals surface area contributed by atoms with Crippen molar-refractivity contribution < 1.29 is 0 Å². The fraction of sp³-hybridized carbons (Fsp3) is 1.00. The molecule has 0 aliphatic carbocycles. The lowest BCUT2D eigenvalue weighted by Gasteiger charge is -2.46. The first-order chi connectivity index (χ1) is 13.1. The van der Waals surface area contributed by atoms with Crippen LogP contribution < -0.4 is 5.32 Å². The van der Waals surface area contributed by atoms with Crippen LogP contribution in [0.15, 0.2) is 0 Å². The van der Waals surface area contributed by atoms with Gasteiger partial charge in [-0.3, -0.25) is 4.90 Å². The normalized spacial score (nSPS) is 28.7. The van der Waals surface area contributed by atoms with E-state index >= 15 is 0 Å². The molecule has 0 saturated carbocycles. The standard InChI is InChI=1S/C24H48N4/c1-23(2,3)25-21-8-7-13-26(19-21)18-20-9-14-27(15-10-20)22-11-16-28(17-12-22)24(4,5)6/h20-22,25H,7-19H2,1-6H3/t21-/m0/s1. The Hall–Kier alpha value is -0.160. The largest absolute Gasteiger partial charge is 0.308 e. The highest BCUT2D eigenvalue weighted by atomic mass is 15.2. The molecule has 0 aromatic heterocycles. The number of nitrogens with one attached hydrogen (secondary N) is 1. The number of nitrogens with zero attached hydrogens (tertiary/aromatic N) is 3. The third-order valence-electron chi connectivity index (χ3n) is 7.24. The summed E-state index contributed by atoms with van der Waals surface area (Å²) in [6.07, 6.45) is 8.27. The highest BCUT2D eigenvalue weighted by Crippen LogP contribution is 2.27. The van der Waals surface area contributed by atoms with Gasteiger partial charge in [0.25, 0.3) is 0 Å². The van der Waals surface area contributed by atoms with E-state index in [-0.39, 0.29) is 5.54 Å². The van der Waals surface area contributed by atoms with Gasteiger partial charge >= 0.3 is 0 Å². The number of hydrogen-bond donors (Lipinski definition) is 1. The fourth-order valence-corrected chi connectivity index (χ4v) is 5.72. The predicted molar refractivity (Wildman–Crippen MR) is 121 cm³/mol. The van der Waals surface area contributed by atoms with Crippen molar-refractivity contribution >= 4 is 0 Å². The molecule has 0 aromatic rings. The van der Waals surface area contributed by atoms with Crippen LogP contribution in [0.4, 0.5) is 0 Å². The molecule has 3 heterocycles. The average molecular weight is 393 g/mol. The Morgan fingerprint density at radius 2 is 1.43 bits per heavy atom. The maximum Gasteiger partial charge on any atom is 0.0200 e. The fourth-order valence-electron chi connectivity index (χ4n) is 5.72. The van der Waals surface area contributed by atoms with Gasteiger partial charge in [0.2, 0.25) is 0 Å². The molecule has 0 unspecified atom stereocenters. The van der Waals surface area contributed by atoms with Gasteiger partial charge < -0.3 is 15.1 Å². The van der Waals surface area contributed by atoms with E-state index in [0.717, 1.165) is 12.0 Å². The highest BCUT2D eigenvalue weighted by Gasteiger charge is 2.32. The second kappa shape index (κ2) is 9.32. The van der Waals surface area contributed by atoms with Crippen LogP contribution in [0, 0.1) is 5.92 Å². The van der Waals surface area contributed by atoms with E-state index in [9.17, 15) is 0 Å². The molecule has 3 saturated heterocycles. The number of hydrogen-bond acceptors (Lipinski definition) is 4. The van der Waals surface area contributed by atoms with Crippen molar-refractivity contribution in [1.29, 1.82) is 0 Å². The van der Waals surface area contributed by atoms with E-state index in [0.29, 0.717) is 11.6 Å². The van der Waals surface area contributed by atoms with Crippen LogP contribution in [-0.2, 0) is 0 Å². The molecule has 4 nitrogen and oxygen atoms in total. The third kappa shape index (κ3) is 6.68. The Bertz CT molecular complexity index is 462. The van der Waals surface area contributed by atoms with E-state index in [1.54, 1.807) is 0 Å². The maximum atomic E-state index is 3.84.